The Balaban J connectivity index is 1.96. The number of rotatable bonds is 12. The van der Waals surface area contributed by atoms with Gasteiger partial charge in [-0.15, -0.1) is 10.2 Å². The molecule has 46 heavy (non-hydrogen) atoms. The van der Waals surface area contributed by atoms with E-state index >= 15 is 0 Å². The van der Waals surface area contributed by atoms with Gasteiger partial charge in [-0.3, -0.25) is 4.57 Å². The molecule has 2 aromatic carbocycles. The van der Waals surface area contributed by atoms with Crippen molar-refractivity contribution in [1.29, 1.82) is 0 Å². The van der Waals surface area contributed by atoms with E-state index in [0.717, 1.165) is 28.8 Å². The van der Waals surface area contributed by atoms with Gasteiger partial charge in [-0.1, -0.05) is 17.9 Å². The lowest BCUT2D eigenvalue weighted by Gasteiger charge is -2.31. The highest BCUT2D eigenvalue weighted by atomic mass is 32.3. The first-order valence-electron chi connectivity index (χ1n) is 13.5. The average molecular weight is 696 g/mol. The number of aliphatic imine (C=N–C) groups is 1. The monoisotopic (exact) mass is 695 g/mol. The second-order valence-electron chi connectivity index (χ2n) is 11.0. The van der Waals surface area contributed by atoms with Crippen LogP contribution in [0.15, 0.2) is 63.8 Å². The Morgan fingerprint density at radius 2 is 1.76 bits per heavy atom. The van der Waals surface area contributed by atoms with Gasteiger partial charge in [-0.25, -0.2) is 40.6 Å². The van der Waals surface area contributed by atoms with E-state index in [1.807, 2.05) is 18.8 Å². The van der Waals surface area contributed by atoms with Gasteiger partial charge >= 0.3 is 0 Å². The molecular weight excluding hydrogens is 662 g/mol. The molecule has 13 nitrogen and oxygen atoms in total. The maximum Gasteiger partial charge on any atom is 0.246 e. The molecule has 1 atom stereocenters. The molecule has 0 spiro atoms. The number of methoxy groups -OCH3 is 2. The number of para-hydroxylation sites is 1. The van der Waals surface area contributed by atoms with Crippen LogP contribution in [0.3, 0.4) is 0 Å². The normalized spacial score (nSPS) is 14.4. The Hall–Kier alpha value is -4.11. The number of hydrogen-bond acceptors (Lipinski definition) is 11. The summed E-state index contributed by atoms with van der Waals surface area (Å²) in [7, 11) is -7.16. The molecule has 0 fully saturated rings. The van der Waals surface area contributed by atoms with Crippen molar-refractivity contribution >= 4 is 47.4 Å². The second kappa shape index (κ2) is 13.3. The lowest BCUT2D eigenvalue weighted by atomic mass is 10.1. The number of anilines is 1. The summed E-state index contributed by atoms with van der Waals surface area (Å²) in [5.41, 5.74) is 5.30. The van der Waals surface area contributed by atoms with Gasteiger partial charge in [-0.05, 0) is 54.5 Å². The molecule has 0 unspecified atom stereocenters. The van der Waals surface area contributed by atoms with Crippen LogP contribution < -0.4 is 9.04 Å². The predicted molar refractivity (Wildman–Crippen MR) is 175 cm³/mol. The fourth-order valence-electron chi connectivity index (χ4n) is 4.45. The minimum Gasteiger partial charge on any atom is -0.506 e. The fourth-order valence-corrected chi connectivity index (χ4v) is 7.75. The van der Waals surface area contributed by atoms with Crippen LogP contribution in [0.2, 0.25) is 0 Å². The van der Waals surface area contributed by atoms with Crippen LogP contribution >= 0.6 is 10.0 Å². The van der Waals surface area contributed by atoms with Crippen LogP contribution in [-0.2, 0) is 24.6 Å². The number of aromatic hydroxyl groups is 1. The van der Waals surface area contributed by atoms with Crippen molar-refractivity contribution in [2.24, 2.45) is 4.99 Å². The quantitative estimate of drug-likeness (QED) is 0.268. The maximum absolute atomic E-state index is 14.3. The predicted octanol–water partition coefficient (Wildman–Crippen LogP) is 2.80. The van der Waals surface area contributed by atoms with Gasteiger partial charge in [0.25, 0.3) is 0 Å². The van der Waals surface area contributed by atoms with Crippen LogP contribution in [0.1, 0.15) is 17.5 Å². The molecule has 0 saturated heterocycles. The molecule has 0 bridgehead atoms. The summed E-state index contributed by atoms with van der Waals surface area (Å²) in [6, 6.07) is 7.13. The van der Waals surface area contributed by atoms with Crippen molar-refractivity contribution in [3.63, 3.8) is 0 Å². The highest BCUT2D eigenvalue weighted by molar-refractivity contribution is 8.32. The standard InChI is InChI=1S/C29H34FN5O8S3/c1-42-24-11-8-10-22(36)27(24)35-28(21-9-7-12-26(31-21)43-2)32-33-29(35)34(15-16-44(3,4)5)46(40,41)18-23(37)20-14-13-19(30)17-25(20)45(6,38)39/h8,10-14,17,23,36-37H,15-16,18H2,1-6H3/t23-/m1/s1. The third-order valence-electron chi connectivity index (χ3n) is 6.66. The number of ether oxygens (including phenoxy) is 2. The lowest BCUT2D eigenvalue weighted by Crippen LogP contribution is -2.39. The number of hydrogen-bond donors (Lipinski definition) is 2. The molecule has 1 aliphatic rings. The van der Waals surface area contributed by atoms with E-state index < -0.39 is 52.5 Å². The van der Waals surface area contributed by atoms with Gasteiger partial charge in [0.1, 0.15) is 23.0 Å². The van der Waals surface area contributed by atoms with Gasteiger partial charge in [-0.2, -0.15) is 0 Å². The molecule has 1 aliphatic heterocycles. The van der Waals surface area contributed by atoms with E-state index in [2.05, 4.69) is 26.7 Å². The van der Waals surface area contributed by atoms with Gasteiger partial charge < -0.3 is 19.7 Å². The molecule has 248 valence electrons. The number of phenolic OH excluding ortho intramolecular Hbond substituents is 1. The second-order valence-corrected chi connectivity index (χ2v) is 19.5. The number of benzene rings is 2. The van der Waals surface area contributed by atoms with Gasteiger partial charge in [0.2, 0.25) is 21.9 Å². The number of aliphatic hydroxyl groups is 1. The Labute approximate surface area is 268 Å². The van der Waals surface area contributed by atoms with Crippen LogP contribution in [-0.4, -0.2) is 105 Å². The Morgan fingerprint density at radius 3 is 2.39 bits per heavy atom. The molecule has 0 saturated carbocycles. The number of sulfonamides is 1. The third-order valence-corrected chi connectivity index (χ3v) is 11.0. The van der Waals surface area contributed by atoms with Crippen LogP contribution in [0.5, 0.6) is 11.5 Å². The minimum atomic E-state index is -4.56. The molecule has 3 aromatic rings. The minimum absolute atomic E-state index is 0.0141. The van der Waals surface area contributed by atoms with E-state index in [1.165, 1.54) is 37.0 Å². The number of sulfone groups is 1. The SMILES string of the molecule is COC1=NC(c2nnc(N(CCS(C)(C)C)S(=O)(=O)C[C@@H](O)c3ccc(F)cc3S(C)(=O)=O)n2-c2c(O)cccc2OC)=C=C=C1. The largest absolute Gasteiger partial charge is 0.506 e. The maximum atomic E-state index is 14.3. The Kier molecular flexibility index (Phi) is 10.1. The van der Waals surface area contributed by atoms with E-state index in [1.54, 1.807) is 6.07 Å². The molecule has 17 heteroatoms. The average Bonchev–Trinajstić information content (AvgIpc) is 3.39. The van der Waals surface area contributed by atoms with E-state index in [0.29, 0.717) is 5.75 Å². The van der Waals surface area contributed by atoms with Crippen molar-refractivity contribution < 1.29 is 40.9 Å². The van der Waals surface area contributed by atoms with Crippen LogP contribution in [0, 0.1) is 5.82 Å². The van der Waals surface area contributed by atoms with Crippen molar-refractivity contribution in [2.75, 3.05) is 61.6 Å². The van der Waals surface area contributed by atoms with Crippen molar-refractivity contribution in [3.8, 4) is 17.2 Å². The summed E-state index contributed by atoms with van der Waals surface area (Å²) in [4.78, 5) is 3.79. The number of halogens is 1. The molecule has 2 N–H and O–H groups in total. The van der Waals surface area contributed by atoms with E-state index in [-0.39, 0.29) is 52.7 Å². The zero-order chi connectivity index (χ0) is 34.0. The first-order valence-corrected chi connectivity index (χ1v) is 20.0. The summed E-state index contributed by atoms with van der Waals surface area (Å²) in [6.07, 6.45) is 6.33. The van der Waals surface area contributed by atoms with Gasteiger partial charge in [0.05, 0.1) is 37.0 Å². The van der Waals surface area contributed by atoms with Crippen LogP contribution in [0.4, 0.5) is 10.3 Å². The Bertz CT molecular complexity index is 2010. The van der Waals surface area contributed by atoms with Crippen LogP contribution in [0.25, 0.3) is 11.4 Å². The molecule has 0 amide bonds. The molecule has 1 aromatic heterocycles. The smallest absolute Gasteiger partial charge is 0.246 e. The molecule has 0 aliphatic carbocycles. The first-order chi connectivity index (χ1) is 21.5. The van der Waals surface area contributed by atoms with Gasteiger partial charge in [0, 0.05) is 18.4 Å². The summed E-state index contributed by atoms with van der Waals surface area (Å²) in [6.45, 7) is -0.133. The van der Waals surface area contributed by atoms with Crippen molar-refractivity contribution in [1.82, 2.24) is 14.8 Å². The summed E-state index contributed by atoms with van der Waals surface area (Å²) >= 11 is 0. The van der Waals surface area contributed by atoms with Crippen molar-refractivity contribution in [2.45, 2.75) is 11.0 Å². The Morgan fingerprint density at radius 1 is 1.04 bits per heavy atom. The van der Waals surface area contributed by atoms with Crippen molar-refractivity contribution in [3.05, 3.63) is 71.1 Å². The zero-order valence-electron chi connectivity index (χ0n) is 25.9. The lowest BCUT2D eigenvalue weighted by molar-refractivity contribution is 0.198. The number of nitrogens with zero attached hydrogens (tertiary/aromatic N) is 5. The zero-order valence-corrected chi connectivity index (χ0v) is 28.4. The fraction of sp³-hybridized carbons (Fsp3) is 0.345. The summed E-state index contributed by atoms with van der Waals surface area (Å²) in [5.74, 6) is -1.85. The summed E-state index contributed by atoms with van der Waals surface area (Å²) in [5, 5.41) is 30.6. The first kappa shape index (κ1) is 34.8. The number of aromatic nitrogens is 3. The molecular formula is C29H34FN5O8S3. The summed E-state index contributed by atoms with van der Waals surface area (Å²) < 4.78 is 80.2. The molecule has 4 rings (SSSR count). The van der Waals surface area contributed by atoms with E-state index in [4.69, 9.17) is 9.47 Å². The topological polar surface area (TPSA) is 174 Å². The third kappa shape index (κ3) is 7.64. The molecule has 2 heterocycles. The highest BCUT2D eigenvalue weighted by Crippen LogP contribution is 2.40. The van der Waals surface area contributed by atoms with E-state index in [9.17, 15) is 31.4 Å². The molecule has 0 radical (unpaired) electrons. The number of aliphatic hydroxyl groups excluding tert-OH is 1. The number of phenols is 1. The highest BCUT2D eigenvalue weighted by Gasteiger charge is 2.35. The van der Waals surface area contributed by atoms with Gasteiger partial charge in [0.15, 0.2) is 21.4 Å².